The van der Waals surface area contributed by atoms with Crippen molar-refractivity contribution in [2.24, 2.45) is 0 Å². The molecule has 1 aliphatic heterocycles. The van der Waals surface area contributed by atoms with Gasteiger partial charge in [0.1, 0.15) is 11.0 Å². The number of nitrogens with zero attached hydrogens (tertiary/aromatic N) is 1. The maximum atomic E-state index is 10.9. The zero-order chi connectivity index (χ0) is 10.7. The number of aromatic nitrogens is 1. The normalized spacial score (nSPS) is 20.9. The minimum Gasteiger partial charge on any atom is -0.366 e. The lowest BCUT2D eigenvalue weighted by molar-refractivity contribution is -0.122. The fourth-order valence-electron chi connectivity index (χ4n) is 1.55. The van der Waals surface area contributed by atoms with Crippen LogP contribution in [0.1, 0.15) is 12.8 Å². The summed E-state index contributed by atoms with van der Waals surface area (Å²) in [5, 5.41) is 6.51. The summed E-state index contributed by atoms with van der Waals surface area (Å²) in [4.78, 5) is 15.1. The van der Waals surface area contributed by atoms with Crippen LogP contribution < -0.4 is 10.6 Å². The number of carbonyl (C=O) groups excluding carboxylic acids is 1. The van der Waals surface area contributed by atoms with Gasteiger partial charge in [-0.2, -0.15) is 0 Å². The SMILES string of the molecule is O=C1CCC(Nc2cccc(Cl)n2)CN1. The second kappa shape index (κ2) is 4.49. The Kier molecular flexibility index (Phi) is 3.06. The number of carbonyl (C=O) groups is 1. The van der Waals surface area contributed by atoms with Gasteiger partial charge in [0.25, 0.3) is 0 Å². The van der Waals surface area contributed by atoms with Crippen molar-refractivity contribution in [1.82, 2.24) is 10.3 Å². The van der Waals surface area contributed by atoms with E-state index in [2.05, 4.69) is 15.6 Å². The number of pyridine rings is 1. The average molecular weight is 226 g/mol. The molecule has 0 aliphatic carbocycles. The van der Waals surface area contributed by atoms with Crippen LogP contribution in [-0.4, -0.2) is 23.5 Å². The lowest BCUT2D eigenvalue weighted by atomic mass is 10.1. The first-order valence-corrected chi connectivity index (χ1v) is 5.27. The minimum absolute atomic E-state index is 0.118. The number of piperidine rings is 1. The number of hydrogen-bond donors (Lipinski definition) is 2. The van der Waals surface area contributed by atoms with E-state index in [4.69, 9.17) is 11.6 Å². The van der Waals surface area contributed by atoms with Gasteiger partial charge in [-0.3, -0.25) is 4.79 Å². The second-order valence-corrected chi connectivity index (χ2v) is 3.92. The second-order valence-electron chi connectivity index (χ2n) is 3.53. The molecule has 2 heterocycles. The zero-order valence-electron chi connectivity index (χ0n) is 8.16. The molecule has 1 unspecified atom stereocenters. The number of amides is 1. The standard InChI is InChI=1S/C10H12ClN3O/c11-8-2-1-3-9(14-8)13-7-4-5-10(15)12-6-7/h1-3,7H,4-6H2,(H,12,15)(H,13,14). The largest absolute Gasteiger partial charge is 0.366 e. The quantitative estimate of drug-likeness (QED) is 0.749. The molecule has 1 atom stereocenters. The van der Waals surface area contributed by atoms with E-state index < -0.39 is 0 Å². The van der Waals surface area contributed by atoms with E-state index in [1.807, 2.05) is 12.1 Å². The molecule has 1 aromatic heterocycles. The summed E-state index contributed by atoms with van der Waals surface area (Å²) in [6.07, 6.45) is 1.40. The maximum absolute atomic E-state index is 10.9. The summed E-state index contributed by atoms with van der Waals surface area (Å²) in [6.45, 7) is 0.646. The highest BCUT2D eigenvalue weighted by molar-refractivity contribution is 6.29. The average Bonchev–Trinajstić information content (AvgIpc) is 2.22. The molecule has 4 nitrogen and oxygen atoms in total. The van der Waals surface area contributed by atoms with E-state index in [0.717, 1.165) is 12.2 Å². The van der Waals surface area contributed by atoms with Crippen molar-refractivity contribution in [1.29, 1.82) is 0 Å². The first-order valence-electron chi connectivity index (χ1n) is 4.90. The molecule has 0 aromatic carbocycles. The number of rotatable bonds is 2. The smallest absolute Gasteiger partial charge is 0.220 e. The fraction of sp³-hybridized carbons (Fsp3) is 0.400. The molecular weight excluding hydrogens is 214 g/mol. The molecule has 1 aliphatic rings. The minimum atomic E-state index is 0.118. The molecule has 1 fully saturated rings. The van der Waals surface area contributed by atoms with Crippen LogP contribution in [0.15, 0.2) is 18.2 Å². The molecule has 2 rings (SSSR count). The summed E-state index contributed by atoms with van der Waals surface area (Å²) in [5.74, 6) is 0.871. The summed E-state index contributed by atoms with van der Waals surface area (Å²) in [6, 6.07) is 5.69. The van der Waals surface area contributed by atoms with E-state index >= 15 is 0 Å². The molecular formula is C10H12ClN3O. The van der Waals surface area contributed by atoms with Gasteiger partial charge in [0, 0.05) is 19.0 Å². The molecule has 1 aromatic rings. The van der Waals surface area contributed by atoms with Crippen LogP contribution in [0, 0.1) is 0 Å². The van der Waals surface area contributed by atoms with Crippen molar-refractivity contribution >= 4 is 23.3 Å². The lowest BCUT2D eigenvalue weighted by Gasteiger charge is -2.23. The molecule has 15 heavy (non-hydrogen) atoms. The van der Waals surface area contributed by atoms with Gasteiger partial charge < -0.3 is 10.6 Å². The molecule has 2 N–H and O–H groups in total. The van der Waals surface area contributed by atoms with Crippen LogP contribution in [-0.2, 0) is 4.79 Å². The Hall–Kier alpha value is -1.29. The number of nitrogens with one attached hydrogen (secondary N) is 2. The summed E-state index contributed by atoms with van der Waals surface area (Å²) >= 11 is 5.76. The monoisotopic (exact) mass is 225 g/mol. The van der Waals surface area contributed by atoms with Gasteiger partial charge in [0.15, 0.2) is 0 Å². The Morgan fingerprint density at radius 2 is 2.40 bits per heavy atom. The van der Waals surface area contributed by atoms with Crippen molar-refractivity contribution in [2.45, 2.75) is 18.9 Å². The third-order valence-corrected chi connectivity index (χ3v) is 2.54. The Bertz CT molecular complexity index is 359. The number of halogens is 1. The van der Waals surface area contributed by atoms with Crippen LogP contribution in [0.4, 0.5) is 5.82 Å². The van der Waals surface area contributed by atoms with Crippen molar-refractivity contribution < 1.29 is 4.79 Å². The lowest BCUT2D eigenvalue weighted by Crippen LogP contribution is -2.42. The maximum Gasteiger partial charge on any atom is 0.220 e. The first-order chi connectivity index (χ1) is 7.24. The van der Waals surface area contributed by atoms with Gasteiger partial charge >= 0.3 is 0 Å². The highest BCUT2D eigenvalue weighted by Gasteiger charge is 2.17. The van der Waals surface area contributed by atoms with Gasteiger partial charge in [-0.25, -0.2) is 4.98 Å². The molecule has 1 saturated heterocycles. The van der Waals surface area contributed by atoms with Crippen molar-refractivity contribution in [3.63, 3.8) is 0 Å². The van der Waals surface area contributed by atoms with Crippen LogP contribution in [0.3, 0.4) is 0 Å². The molecule has 80 valence electrons. The van der Waals surface area contributed by atoms with Gasteiger partial charge in [-0.15, -0.1) is 0 Å². The molecule has 1 amide bonds. The van der Waals surface area contributed by atoms with E-state index in [9.17, 15) is 4.79 Å². The summed E-state index contributed by atoms with van der Waals surface area (Å²) in [5.41, 5.74) is 0. The Morgan fingerprint density at radius 3 is 3.07 bits per heavy atom. The molecule has 0 radical (unpaired) electrons. The van der Waals surface area contributed by atoms with Crippen LogP contribution in [0.2, 0.25) is 5.15 Å². The van der Waals surface area contributed by atoms with Crippen LogP contribution >= 0.6 is 11.6 Å². The number of anilines is 1. The summed E-state index contributed by atoms with van der Waals surface area (Å²) < 4.78 is 0. The Balaban J connectivity index is 1.94. The summed E-state index contributed by atoms with van der Waals surface area (Å²) in [7, 11) is 0. The predicted molar refractivity (Wildman–Crippen MR) is 58.9 cm³/mol. The van der Waals surface area contributed by atoms with E-state index in [1.165, 1.54) is 0 Å². The molecule has 0 saturated carbocycles. The molecule has 5 heteroatoms. The highest BCUT2D eigenvalue weighted by Crippen LogP contribution is 2.13. The Labute approximate surface area is 93.0 Å². The van der Waals surface area contributed by atoms with E-state index in [1.54, 1.807) is 6.07 Å². The first kappa shape index (κ1) is 10.2. The molecule has 0 bridgehead atoms. The van der Waals surface area contributed by atoms with Gasteiger partial charge in [0.2, 0.25) is 5.91 Å². The van der Waals surface area contributed by atoms with Crippen molar-refractivity contribution in [2.75, 3.05) is 11.9 Å². The third kappa shape index (κ3) is 2.83. The molecule has 0 spiro atoms. The zero-order valence-corrected chi connectivity index (χ0v) is 8.92. The van der Waals surface area contributed by atoms with Crippen LogP contribution in [0.5, 0.6) is 0 Å². The van der Waals surface area contributed by atoms with Crippen molar-refractivity contribution in [3.8, 4) is 0 Å². The van der Waals surface area contributed by atoms with E-state index in [-0.39, 0.29) is 11.9 Å². The van der Waals surface area contributed by atoms with Crippen LogP contribution in [0.25, 0.3) is 0 Å². The van der Waals surface area contributed by atoms with E-state index in [0.29, 0.717) is 18.1 Å². The third-order valence-electron chi connectivity index (χ3n) is 2.33. The predicted octanol–water partition coefficient (Wildman–Crippen LogP) is 1.43. The topological polar surface area (TPSA) is 54.0 Å². The number of hydrogen-bond acceptors (Lipinski definition) is 3. The van der Waals surface area contributed by atoms with Crippen molar-refractivity contribution in [3.05, 3.63) is 23.4 Å². The van der Waals surface area contributed by atoms with Gasteiger partial charge in [-0.1, -0.05) is 17.7 Å². The highest BCUT2D eigenvalue weighted by atomic mass is 35.5. The van der Waals surface area contributed by atoms with Gasteiger partial charge in [-0.05, 0) is 18.6 Å². The Morgan fingerprint density at radius 1 is 1.53 bits per heavy atom. The van der Waals surface area contributed by atoms with Gasteiger partial charge in [0.05, 0.1) is 0 Å². The fourth-order valence-corrected chi connectivity index (χ4v) is 1.72.